The molecule has 0 fully saturated rings. The number of aryl methyl sites for hydroxylation is 1. The summed E-state index contributed by atoms with van der Waals surface area (Å²) in [5.41, 5.74) is 0.918. The second-order valence-electron chi connectivity index (χ2n) is 4.57. The average Bonchev–Trinajstić information content (AvgIpc) is 2.45. The summed E-state index contributed by atoms with van der Waals surface area (Å²) < 4.78 is 40.1. The number of hydrogen-bond acceptors (Lipinski definition) is 2. The van der Waals surface area contributed by atoms with Crippen LogP contribution in [0.3, 0.4) is 0 Å². The van der Waals surface area contributed by atoms with E-state index in [0.29, 0.717) is 11.3 Å². The summed E-state index contributed by atoms with van der Waals surface area (Å²) in [5.74, 6) is -0.457. The van der Waals surface area contributed by atoms with Gasteiger partial charge in [0, 0.05) is 0 Å². The van der Waals surface area contributed by atoms with Crippen LogP contribution in [-0.2, 0) is 10.0 Å². The van der Waals surface area contributed by atoms with Gasteiger partial charge in [0.25, 0.3) is 10.0 Å². The number of benzene rings is 2. The van der Waals surface area contributed by atoms with Crippen molar-refractivity contribution in [1.29, 1.82) is 0 Å². The van der Waals surface area contributed by atoms with Crippen LogP contribution in [0.25, 0.3) is 0 Å². The van der Waals surface area contributed by atoms with Crippen molar-refractivity contribution >= 4 is 15.7 Å². The molecular weight excluding hydrogens is 289 g/mol. The zero-order chi connectivity index (χ0) is 15.5. The molecule has 0 aliphatic rings. The third-order valence-electron chi connectivity index (χ3n) is 3.04. The van der Waals surface area contributed by atoms with Gasteiger partial charge >= 0.3 is 0 Å². The maximum atomic E-state index is 13.2. The van der Waals surface area contributed by atoms with Crippen LogP contribution in [0.15, 0.2) is 66.1 Å². The van der Waals surface area contributed by atoms with Crippen molar-refractivity contribution in [3.8, 4) is 0 Å². The van der Waals surface area contributed by atoms with Crippen LogP contribution in [0.2, 0.25) is 0 Å². The van der Waals surface area contributed by atoms with E-state index in [0.717, 1.165) is 6.07 Å². The molecule has 0 amide bonds. The van der Waals surface area contributed by atoms with Gasteiger partial charge in [-0.3, -0.25) is 4.31 Å². The van der Waals surface area contributed by atoms with Crippen LogP contribution < -0.4 is 4.31 Å². The maximum Gasteiger partial charge on any atom is 0.264 e. The van der Waals surface area contributed by atoms with Gasteiger partial charge in [0.1, 0.15) is 5.82 Å². The molecule has 0 saturated heterocycles. The lowest BCUT2D eigenvalue weighted by Gasteiger charge is -2.24. The van der Waals surface area contributed by atoms with Crippen molar-refractivity contribution in [2.45, 2.75) is 11.8 Å². The Balaban J connectivity index is 2.55. The third-order valence-corrected chi connectivity index (χ3v) is 5.00. The van der Waals surface area contributed by atoms with E-state index in [1.54, 1.807) is 31.2 Å². The molecule has 0 saturated carbocycles. The Kier molecular flexibility index (Phi) is 4.43. The summed E-state index contributed by atoms with van der Waals surface area (Å²) in [6.45, 7) is 5.32. The Hall–Kier alpha value is -2.14. The minimum atomic E-state index is -3.77. The fourth-order valence-electron chi connectivity index (χ4n) is 2.07. The Labute approximate surface area is 124 Å². The van der Waals surface area contributed by atoms with Crippen LogP contribution in [0.1, 0.15) is 5.56 Å². The highest BCUT2D eigenvalue weighted by Gasteiger charge is 2.25. The first kappa shape index (κ1) is 15.3. The second kappa shape index (κ2) is 6.10. The van der Waals surface area contributed by atoms with Crippen molar-refractivity contribution in [1.82, 2.24) is 0 Å². The molecule has 0 radical (unpaired) electrons. The van der Waals surface area contributed by atoms with Crippen molar-refractivity contribution in [3.05, 3.63) is 72.6 Å². The largest absolute Gasteiger partial charge is 0.264 e. The van der Waals surface area contributed by atoms with Crippen LogP contribution in [0.5, 0.6) is 0 Å². The zero-order valence-electron chi connectivity index (χ0n) is 11.7. The molecule has 0 aromatic heterocycles. The third kappa shape index (κ3) is 3.13. The number of rotatable bonds is 5. The van der Waals surface area contributed by atoms with Gasteiger partial charge in [-0.25, -0.2) is 12.8 Å². The van der Waals surface area contributed by atoms with Gasteiger partial charge in [-0.1, -0.05) is 24.3 Å². The van der Waals surface area contributed by atoms with E-state index in [2.05, 4.69) is 6.58 Å². The summed E-state index contributed by atoms with van der Waals surface area (Å²) in [5, 5.41) is 0. The van der Waals surface area contributed by atoms with Gasteiger partial charge < -0.3 is 0 Å². The van der Waals surface area contributed by atoms with Crippen LogP contribution >= 0.6 is 0 Å². The van der Waals surface area contributed by atoms with Gasteiger partial charge in [0.05, 0.1) is 17.1 Å². The highest BCUT2D eigenvalue weighted by atomic mass is 32.2. The number of hydrogen-bond donors (Lipinski definition) is 0. The second-order valence-corrected chi connectivity index (χ2v) is 6.40. The molecule has 0 bridgehead atoms. The molecule has 110 valence electrons. The van der Waals surface area contributed by atoms with E-state index in [9.17, 15) is 12.8 Å². The van der Waals surface area contributed by atoms with E-state index in [-0.39, 0.29) is 11.4 Å². The first-order valence-corrected chi connectivity index (χ1v) is 7.85. The molecule has 0 atom stereocenters. The minimum Gasteiger partial charge on any atom is -0.263 e. The van der Waals surface area contributed by atoms with Crippen molar-refractivity contribution in [2.24, 2.45) is 0 Å². The lowest BCUT2D eigenvalue weighted by atomic mass is 10.2. The van der Waals surface area contributed by atoms with Gasteiger partial charge in [-0.05, 0) is 42.8 Å². The topological polar surface area (TPSA) is 37.4 Å². The molecule has 3 nitrogen and oxygen atoms in total. The van der Waals surface area contributed by atoms with Crippen molar-refractivity contribution in [2.75, 3.05) is 10.8 Å². The summed E-state index contributed by atoms with van der Waals surface area (Å²) in [7, 11) is -3.77. The molecule has 0 unspecified atom stereocenters. The quantitative estimate of drug-likeness (QED) is 0.793. The average molecular weight is 305 g/mol. The smallest absolute Gasteiger partial charge is 0.263 e. The minimum absolute atomic E-state index is 0.0922. The van der Waals surface area contributed by atoms with E-state index in [1.807, 2.05) is 6.07 Å². The lowest BCUT2D eigenvalue weighted by Crippen LogP contribution is -2.31. The number of para-hydroxylation sites is 1. The standard InChI is InChI=1S/C16H16FNO2S/c1-3-11-18(15-7-5-4-6-8-15)21(19,20)16-10-9-14(17)12-13(16)2/h3-10,12H,1,11H2,2H3. The fraction of sp³-hybridized carbons (Fsp3) is 0.125. The van der Waals surface area contributed by atoms with Gasteiger partial charge in [0.2, 0.25) is 0 Å². The van der Waals surface area contributed by atoms with Crippen molar-refractivity contribution in [3.63, 3.8) is 0 Å². The van der Waals surface area contributed by atoms with Gasteiger partial charge in [0.15, 0.2) is 0 Å². The molecule has 5 heteroatoms. The Morgan fingerprint density at radius 2 is 1.86 bits per heavy atom. The van der Waals surface area contributed by atoms with Gasteiger partial charge in [-0.2, -0.15) is 0 Å². The predicted octanol–water partition coefficient (Wildman–Crippen LogP) is 3.52. The predicted molar refractivity (Wildman–Crippen MR) is 82.3 cm³/mol. The van der Waals surface area contributed by atoms with E-state index >= 15 is 0 Å². The first-order valence-electron chi connectivity index (χ1n) is 6.41. The van der Waals surface area contributed by atoms with E-state index in [1.165, 1.54) is 22.5 Å². The molecule has 0 N–H and O–H groups in total. The Morgan fingerprint density at radius 3 is 2.43 bits per heavy atom. The summed E-state index contributed by atoms with van der Waals surface area (Å²) in [6.07, 6.45) is 1.52. The van der Waals surface area contributed by atoms with Crippen molar-refractivity contribution < 1.29 is 12.8 Å². The van der Waals surface area contributed by atoms with Crippen LogP contribution in [-0.4, -0.2) is 15.0 Å². The fourth-order valence-corrected chi connectivity index (χ4v) is 3.72. The lowest BCUT2D eigenvalue weighted by molar-refractivity contribution is 0.590. The molecule has 2 aromatic carbocycles. The summed E-state index contributed by atoms with van der Waals surface area (Å²) >= 11 is 0. The molecule has 0 heterocycles. The molecule has 0 aliphatic heterocycles. The Morgan fingerprint density at radius 1 is 1.19 bits per heavy atom. The number of anilines is 1. The van der Waals surface area contributed by atoms with E-state index in [4.69, 9.17) is 0 Å². The van der Waals surface area contributed by atoms with Crippen LogP contribution in [0, 0.1) is 12.7 Å². The molecule has 0 aliphatic carbocycles. The number of sulfonamides is 1. The monoisotopic (exact) mass is 305 g/mol. The summed E-state index contributed by atoms with van der Waals surface area (Å²) in [4.78, 5) is 0.0922. The number of halogens is 1. The summed E-state index contributed by atoms with van der Waals surface area (Å²) in [6, 6.07) is 12.4. The first-order chi connectivity index (χ1) is 9.96. The van der Waals surface area contributed by atoms with E-state index < -0.39 is 15.8 Å². The molecule has 2 rings (SSSR count). The highest BCUT2D eigenvalue weighted by molar-refractivity contribution is 7.92. The molecule has 0 spiro atoms. The molecular formula is C16H16FNO2S. The highest BCUT2D eigenvalue weighted by Crippen LogP contribution is 2.25. The molecule has 21 heavy (non-hydrogen) atoms. The SMILES string of the molecule is C=CCN(c1ccccc1)S(=O)(=O)c1ccc(F)cc1C. The normalized spacial score (nSPS) is 11.1. The molecule has 2 aromatic rings. The van der Waals surface area contributed by atoms with Crippen LogP contribution in [0.4, 0.5) is 10.1 Å². The zero-order valence-corrected chi connectivity index (χ0v) is 12.5. The number of nitrogens with zero attached hydrogens (tertiary/aromatic N) is 1. The maximum absolute atomic E-state index is 13.2. The Bertz CT molecular complexity index is 742. The van der Waals surface area contributed by atoms with Gasteiger partial charge in [-0.15, -0.1) is 6.58 Å².